The molecule has 0 saturated carbocycles. The third-order valence-electron chi connectivity index (χ3n) is 3.54. The van der Waals surface area contributed by atoms with Crippen LogP contribution in [0.2, 0.25) is 0 Å². The number of aryl methyl sites for hydroxylation is 2. The molecule has 0 aliphatic rings. The average Bonchev–Trinajstić information content (AvgIpc) is 2.77. The molecule has 0 aliphatic heterocycles. The molecule has 0 aliphatic carbocycles. The number of nitrogens with zero attached hydrogens (tertiary/aromatic N) is 3. The number of alkyl halides is 2. The van der Waals surface area contributed by atoms with Crippen LogP contribution < -0.4 is 10.1 Å². The summed E-state index contributed by atoms with van der Waals surface area (Å²) in [5.74, 6) is 0.130. The zero-order chi connectivity index (χ0) is 17.1. The second-order valence-corrected chi connectivity index (χ2v) is 5.08. The standard InChI is InChI=1S/C15H18F2N4O2/c1-8-11(10(3)21(20-8)15(16)17)7-13(22)19-12-5-6-14(23-4)18-9(12)2/h5-6,15H,7H2,1-4H3,(H,19,22). The number of aromatic nitrogens is 3. The van der Waals surface area contributed by atoms with Crippen LogP contribution in [0.25, 0.3) is 0 Å². The van der Waals surface area contributed by atoms with Crippen LogP contribution in [0.3, 0.4) is 0 Å². The molecule has 2 aromatic rings. The van der Waals surface area contributed by atoms with Gasteiger partial charge in [0, 0.05) is 17.3 Å². The highest BCUT2D eigenvalue weighted by Crippen LogP contribution is 2.21. The normalized spacial score (nSPS) is 10.9. The lowest BCUT2D eigenvalue weighted by atomic mass is 10.1. The molecule has 0 unspecified atom stereocenters. The van der Waals surface area contributed by atoms with Gasteiger partial charge in [0.25, 0.3) is 0 Å². The highest BCUT2D eigenvalue weighted by molar-refractivity contribution is 5.93. The number of amides is 1. The first-order chi connectivity index (χ1) is 10.8. The van der Waals surface area contributed by atoms with Crippen LogP contribution in [0.4, 0.5) is 14.5 Å². The molecular formula is C15H18F2N4O2. The SMILES string of the molecule is COc1ccc(NC(=O)Cc2c(C)nn(C(F)F)c2C)c(C)n1. The highest BCUT2D eigenvalue weighted by atomic mass is 19.3. The molecule has 124 valence electrons. The molecule has 0 fully saturated rings. The summed E-state index contributed by atoms with van der Waals surface area (Å²) in [6.07, 6.45) is -0.0319. The van der Waals surface area contributed by atoms with Crippen molar-refractivity contribution in [1.82, 2.24) is 14.8 Å². The second-order valence-electron chi connectivity index (χ2n) is 5.08. The molecule has 1 N–H and O–H groups in total. The minimum atomic E-state index is -2.72. The van der Waals surface area contributed by atoms with Gasteiger partial charge in [0.05, 0.1) is 30.6 Å². The molecule has 1 amide bonds. The summed E-state index contributed by atoms with van der Waals surface area (Å²) in [5, 5.41) is 6.49. The van der Waals surface area contributed by atoms with Gasteiger partial charge in [-0.3, -0.25) is 4.79 Å². The first-order valence-electron chi connectivity index (χ1n) is 6.97. The number of carbonyl (C=O) groups is 1. The first kappa shape index (κ1) is 16.9. The number of halogens is 2. The lowest BCUT2D eigenvalue weighted by Crippen LogP contribution is -2.16. The number of hydrogen-bond acceptors (Lipinski definition) is 4. The maximum Gasteiger partial charge on any atom is 0.333 e. The summed E-state index contributed by atoms with van der Waals surface area (Å²) in [6, 6.07) is 3.31. The van der Waals surface area contributed by atoms with Gasteiger partial charge >= 0.3 is 6.55 Å². The van der Waals surface area contributed by atoms with E-state index in [1.807, 2.05) is 0 Å². The fraction of sp³-hybridized carbons (Fsp3) is 0.400. The molecule has 0 spiro atoms. The maximum absolute atomic E-state index is 12.8. The van der Waals surface area contributed by atoms with Crippen molar-refractivity contribution in [2.24, 2.45) is 0 Å². The number of nitrogens with one attached hydrogen (secondary N) is 1. The molecule has 2 rings (SSSR count). The number of methoxy groups -OCH3 is 1. The van der Waals surface area contributed by atoms with Crippen molar-refractivity contribution in [2.45, 2.75) is 33.7 Å². The van der Waals surface area contributed by atoms with Crippen molar-refractivity contribution >= 4 is 11.6 Å². The molecule has 2 heterocycles. The number of anilines is 1. The summed E-state index contributed by atoms with van der Waals surface area (Å²) in [7, 11) is 1.51. The molecule has 8 heteroatoms. The predicted octanol–water partition coefficient (Wildman–Crippen LogP) is 2.79. The third-order valence-corrected chi connectivity index (χ3v) is 3.54. The topological polar surface area (TPSA) is 69.0 Å². The van der Waals surface area contributed by atoms with Gasteiger partial charge in [-0.1, -0.05) is 0 Å². The molecule has 23 heavy (non-hydrogen) atoms. The summed E-state index contributed by atoms with van der Waals surface area (Å²) >= 11 is 0. The zero-order valence-corrected chi connectivity index (χ0v) is 13.4. The van der Waals surface area contributed by atoms with Crippen molar-refractivity contribution in [3.05, 3.63) is 34.8 Å². The molecule has 2 aromatic heterocycles. The number of rotatable bonds is 5. The molecule has 0 radical (unpaired) electrons. The number of pyridine rings is 1. The van der Waals surface area contributed by atoms with E-state index in [4.69, 9.17) is 4.74 Å². The van der Waals surface area contributed by atoms with Gasteiger partial charge in [-0.15, -0.1) is 0 Å². The maximum atomic E-state index is 12.8. The van der Waals surface area contributed by atoms with Gasteiger partial charge in [-0.2, -0.15) is 13.9 Å². The lowest BCUT2D eigenvalue weighted by Gasteiger charge is -2.09. The van der Waals surface area contributed by atoms with Crippen LogP contribution in [0.15, 0.2) is 12.1 Å². The fourth-order valence-corrected chi connectivity index (χ4v) is 2.28. The Kier molecular flexibility index (Phi) is 4.92. The third kappa shape index (κ3) is 3.64. The van der Waals surface area contributed by atoms with E-state index in [1.54, 1.807) is 26.0 Å². The minimum Gasteiger partial charge on any atom is -0.481 e. The largest absolute Gasteiger partial charge is 0.481 e. The summed E-state index contributed by atoms with van der Waals surface area (Å²) in [4.78, 5) is 16.3. The quantitative estimate of drug-likeness (QED) is 0.918. The van der Waals surface area contributed by atoms with E-state index in [-0.39, 0.29) is 18.0 Å². The number of carbonyl (C=O) groups excluding carboxylic acids is 1. The van der Waals surface area contributed by atoms with Crippen LogP contribution >= 0.6 is 0 Å². The van der Waals surface area contributed by atoms with Crippen LogP contribution in [0, 0.1) is 20.8 Å². The highest BCUT2D eigenvalue weighted by Gasteiger charge is 2.19. The Balaban J connectivity index is 2.14. The molecule has 6 nitrogen and oxygen atoms in total. The number of hydrogen-bond donors (Lipinski definition) is 1. The first-order valence-corrected chi connectivity index (χ1v) is 6.97. The Hall–Kier alpha value is -2.51. The van der Waals surface area contributed by atoms with Gasteiger partial charge in [0.1, 0.15) is 0 Å². The summed E-state index contributed by atoms with van der Waals surface area (Å²) in [5.41, 5.74) is 2.36. The smallest absolute Gasteiger partial charge is 0.333 e. The Morgan fingerprint density at radius 3 is 2.52 bits per heavy atom. The predicted molar refractivity (Wildman–Crippen MR) is 80.8 cm³/mol. The monoisotopic (exact) mass is 324 g/mol. The summed E-state index contributed by atoms with van der Waals surface area (Å²) < 4.78 is 31.2. The van der Waals surface area contributed by atoms with Crippen molar-refractivity contribution in [2.75, 3.05) is 12.4 Å². The van der Waals surface area contributed by atoms with E-state index in [9.17, 15) is 13.6 Å². The number of ether oxygens (including phenoxy) is 1. The van der Waals surface area contributed by atoms with Crippen molar-refractivity contribution in [3.63, 3.8) is 0 Å². The average molecular weight is 324 g/mol. The molecule has 0 saturated heterocycles. The van der Waals surface area contributed by atoms with E-state index < -0.39 is 6.55 Å². The van der Waals surface area contributed by atoms with Gasteiger partial charge < -0.3 is 10.1 Å². The van der Waals surface area contributed by atoms with Gasteiger partial charge in [-0.05, 0) is 26.8 Å². The Bertz CT molecular complexity index is 729. The van der Waals surface area contributed by atoms with E-state index in [2.05, 4.69) is 15.4 Å². The van der Waals surface area contributed by atoms with E-state index in [0.29, 0.717) is 33.2 Å². The zero-order valence-electron chi connectivity index (χ0n) is 13.4. The van der Waals surface area contributed by atoms with E-state index in [1.165, 1.54) is 14.0 Å². The van der Waals surface area contributed by atoms with Gasteiger partial charge in [0.15, 0.2) is 0 Å². The Labute approximate surface area is 132 Å². The molecule has 0 bridgehead atoms. The fourth-order valence-electron chi connectivity index (χ4n) is 2.28. The van der Waals surface area contributed by atoms with Crippen molar-refractivity contribution < 1.29 is 18.3 Å². The Morgan fingerprint density at radius 2 is 2.00 bits per heavy atom. The van der Waals surface area contributed by atoms with Crippen molar-refractivity contribution in [3.8, 4) is 5.88 Å². The van der Waals surface area contributed by atoms with Gasteiger partial charge in [0.2, 0.25) is 11.8 Å². The van der Waals surface area contributed by atoms with Crippen LogP contribution in [0.1, 0.15) is 29.2 Å². The molecule has 0 aromatic carbocycles. The molecule has 0 atom stereocenters. The van der Waals surface area contributed by atoms with Crippen LogP contribution in [0.5, 0.6) is 5.88 Å². The Morgan fingerprint density at radius 1 is 1.30 bits per heavy atom. The van der Waals surface area contributed by atoms with Crippen LogP contribution in [-0.4, -0.2) is 27.8 Å². The van der Waals surface area contributed by atoms with E-state index in [0.717, 1.165) is 0 Å². The molecular weight excluding hydrogens is 306 g/mol. The lowest BCUT2D eigenvalue weighted by molar-refractivity contribution is -0.115. The van der Waals surface area contributed by atoms with Gasteiger partial charge in [-0.25, -0.2) is 9.67 Å². The van der Waals surface area contributed by atoms with E-state index >= 15 is 0 Å². The summed E-state index contributed by atoms with van der Waals surface area (Å²) in [6.45, 7) is 2.14. The van der Waals surface area contributed by atoms with Crippen molar-refractivity contribution in [1.29, 1.82) is 0 Å². The minimum absolute atomic E-state index is 0.0319. The van der Waals surface area contributed by atoms with Crippen LogP contribution in [-0.2, 0) is 11.2 Å². The second kappa shape index (κ2) is 6.72.